The standard InChI is InChI=1S/C15H18BrNO/c1-11-12(3-2-4-13(11)16)14(18)17-9-7-15(5-6-15)8-10-17/h2-4H,5-10H2,1H3. The molecule has 96 valence electrons. The molecule has 18 heavy (non-hydrogen) atoms. The molecule has 0 radical (unpaired) electrons. The zero-order valence-corrected chi connectivity index (χ0v) is 12.3. The number of hydrogen-bond donors (Lipinski definition) is 0. The molecule has 1 aromatic carbocycles. The lowest BCUT2D eigenvalue weighted by Crippen LogP contribution is -2.39. The van der Waals surface area contributed by atoms with Gasteiger partial charge in [0.2, 0.25) is 0 Å². The third kappa shape index (κ3) is 2.09. The van der Waals surface area contributed by atoms with Gasteiger partial charge in [0, 0.05) is 23.1 Å². The van der Waals surface area contributed by atoms with Crippen molar-refractivity contribution < 1.29 is 4.79 Å². The Morgan fingerprint density at radius 3 is 2.50 bits per heavy atom. The first-order chi connectivity index (χ1) is 8.61. The maximum atomic E-state index is 12.5. The van der Waals surface area contributed by atoms with Gasteiger partial charge in [-0.2, -0.15) is 0 Å². The number of likely N-dealkylation sites (tertiary alicyclic amines) is 1. The first-order valence-corrected chi connectivity index (χ1v) is 7.45. The third-order valence-corrected chi connectivity index (χ3v) is 5.43. The second-order valence-corrected chi connectivity index (χ2v) is 6.56. The summed E-state index contributed by atoms with van der Waals surface area (Å²) in [4.78, 5) is 14.5. The number of carbonyl (C=O) groups excluding carboxylic acids is 1. The van der Waals surface area contributed by atoms with Gasteiger partial charge < -0.3 is 4.90 Å². The molecule has 0 atom stereocenters. The molecule has 1 heterocycles. The van der Waals surface area contributed by atoms with E-state index < -0.39 is 0 Å². The highest BCUT2D eigenvalue weighted by atomic mass is 79.9. The highest BCUT2D eigenvalue weighted by Gasteiger charge is 2.45. The molecule has 1 saturated carbocycles. The van der Waals surface area contributed by atoms with Crippen molar-refractivity contribution in [2.75, 3.05) is 13.1 Å². The maximum absolute atomic E-state index is 12.5. The maximum Gasteiger partial charge on any atom is 0.254 e. The van der Waals surface area contributed by atoms with Gasteiger partial charge in [-0.1, -0.05) is 22.0 Å². The monoisotopic (exact) mass is 307 g/mol. The fourth-order valence-corrected chi connectivity index (χ4v) is 3.24. The summed E-state index contributed by atoms with van der Waals surface area (Å²) in [5.74, 6) is 0.198. The minimum atomic E-state index is 0.198. The molecule has 1 aromatic rings. The van der Waals surface area contributed by atoms with Crippen LogP contribution in [0.25, 0.3) is 0 Å². The minimum absolute atomic E-state index is 0.198. The van der Waals surface area contributed by atoms with Gasteiger partial charge in [-0.15, -0.1) is 0 Å². The van der Waals surface area contributed by atoms with Gasteiger partial charge in [0.05, 0.1) is 0 Å². The molecule has 1 amide bonds. The van der Waals surface area contributed by atoms with Crippen LogP contribution in [-0.4, -0.2) is 23.9 Å². The van der Waals surface area contributed by atoms with Crippen molar-refractivity contribution in [3.05, 3.63) is 33.8 Å². The van der Waals surface area contributed by atoms with E-state index in [9.17, 15) is 4.79 Å². The van der Waals surface area contributed by atoms with Gasteiger partial charge in [0.15, 0.2) is 0 Å². The highest BCUT2D eigenvalue weighted by molar-refractivity contribution is 9.10. The van der Waals surface area contributed by atoms with E-state index in [1.54, 1.807) is 0 Å². The van der Waals surface area contributed by atoms with Gasteiger partial charge in [-0.05, 0) is 55.7 Å². The average Bonchev–Trinajstić information content (AvgIpc) is 3.13. The van der Waals surface area contributed by atoms with Gasteiger partial charge in [-0.25, -0.2) is 0 Å². The lowest BCUT2D eigenvalue weighted by Gasteiger charge is -2.32. The van der Waals surface area contributed by atoms with Crippen molar-refractivity contribution in [3.8, 4) is 0 Å². The Balaban J connectivity index is 1.76. The van der Waals surface area contributed by atoms with Crippen molar-refractivity contribution in [3.63, 3.8) is 0 Å². The second kappa shape index (κ2) is 4.37. The smallest absolute Gasteiger partial charge is 0.254 e. The number of benzene rings is 1. The molecule has 0 aromatic heterocycles. The first kappa shape index (κ1) is 12.2. The number of hydrogen-bond acceptors (Lipinski definition) is 1. The fraction of sp³-hybridized carbons (Fsp3) is 0.533. The molecule has 0 bridgehead atoms. The second-order valence-electron chi connectivity index (χ2n) is 5.70. The predicted molar refractivity (Wildman–Crippen MR) is 75.7 cm³/mol. The fourth-order valence-electron chi connectivity index (χ4n) is 2.87. The van der Waals surface area contributed by atoms with Gasteiger partial charge in [-0.3, -0.25) is 4.79 Å². The zero-order valence-electron chi connectivity index (χ0n) is 10.7. The largest absolute Gasteiger partial charge is 0.339 e. The summed E-state index contributed by atoms with van der Waals surface area (Å²) in [7, 11) is 0. The van der Waals surface area contributed by atoms with Crippen LogP contribution in [0.3, 0.4) is 0 Å². The van der Waals surface area contributed by atoms with Crippen LogP contribution in [0, 0.1) is 12.3 Å². The minimum Gasteiger partial charge on any atom is -0.339 e. The molecule has 0 unspecified atom stereocenters. The van der Waals surface area contributed by atoms with E-state index in [-0.39, 0.29) is 5.91 Å². The number of nitrogens with zero attached hydrogens (tertiary/aromatic N) is 1. The van der Waals surface area contributed by atoms with Crippen LogP contribution in [-0.2, 0) is 0 Å². The number of halogens is 1. The Hall–Kier alpha value is -0.830. The Kier molecular flexibility index (Phi) is 2.97. The van der Waals surface area contributed by atoms with E-state index in [1.165, 1.54) is 25.7 Å². The third-order valence-electron chi connectivity index (χ3n) is 4.57. The molecule has 1 aliphatic carbocycles. The molecule has 2 fully saturated rings. The molecule has 2 aliphatic rings. The van der Waals surface area contributed by atoms with Crippen LogP contribution in [0.2, 0.25) is 0 Å². The van der Waals surface area contributed by atoms with E-state index in [4.69, 9.17) is 0 Å². The summed E-state index contributed by atoms with van der Waals surface area (Å²) < 4.78 is 1.02. The number of amides is 1. The molecule has 2 nitrogen and oxygen atoms in total. The van der Waals surface area contributed by atoms with E-state index in [0.717, 1.165) is 28.7 Å². The van der Waals surface area contributed by atoms with Crippen LogP contribution in [0.4, 0.5) is 0 Å². The van der Waals surface area contributed by atoms with Crippen molar-refractivity contribution >= 4 is 21.8 Å². The summed E-state index contributed by atoms with van der Waals surface area (Å²) in [6, 6.07) is 5.86. The first-order valence-electron chi connectivity index (χ1n) is 6.66. The van der Waals surface area contributed by atoms with Crippen molar-refractivity contribution in [1.82, 2.24) is 4.90 Å². The highest BCUT2D eigenvalue weighted by Crippen LogP contribution is 2.53. The van der Waals surface area contributed by atoms with E-state index in [1.807, 2.05) is 30.0 Å². The van der Waals surface area contributed by atoms with Crippen molar-refractivity contribution in [2.45, 2.75) is 32.6 Å². The topological polar surface area (TPSA) is 20.3 Å². The Bertz CT molecular complexity index is 483. The lowest BCUT2D eigenvalue weighted by molar-refractivity contribution is 0.0677. The molecule has 1 saturated heterocycles. The van der Waals surface area contributed by atoms with Crippen molar-refractivity contribution in [2.24, 2.45) is 5.41 Å². The molecule has 1 spiro atoms. The SMILES string of the molecule is Cc1c(Br)cccc1C(=O)N1CCC2(CC1)CC2. The molecule has 3 heteroatoms. The summed E-state index contributed by atoms with van der Waals surface area (Å²) in [6.07, 6.45) is 5.16. The normalized spacial score (nSPS) is 21.1. The summed E-state index contributed by atoms with van der Waals surface area (Å²) in [6.45, 7) is 3.87. The Morgan fingerprint density at radius 1 is 1.22 bits per heavy atom. The Labute approximate surface area is 116 Å². The van der Waals surface area contributed by atoms with Crippen LogP contribution >= 0.6 is 15.9 Å². The average molecular weight is 308 g/mol. The van der Waals surface area contributed by atoms with Crippen LogP contribution in [0.1, 0.15) is 41.6 Å². The van der Waals surface area contributed by atoms with Gasteiger partial charge in [0.1, 0.15) is 0 Å². The molecular weight excluding hydrogens is 290 g/mol. The molecular formula is C15H18BrNO. The van der Waals surface area contributed by atoms with Gasteiger partial charge in [0.25, 0.3) is 5.91 Å². The van der Waals surface area contributed by atoms with Crippen LogP contribution in [0.5, 0.6) is 0 Å². The summed E-state index contributed by atoms with van der Waals surface area (Å²) in [5, 5.41) is 0. The molecule has 3 rings (SSSR count). The number of carbonyl (C=O) groups is 1. The van der Waals surface area contributed by atoms with Gasteiger partial charge >= 0.3 is 0 Å². The lowest BCUT2D eigenvalue weighted by atomic mass is 9.93. The summed E-state index contributed by atoms with van der Waals surface area (Å²) in [5.41, 5.74) is 2.52. The van der Waals surface area contributed by atoms with Crippen LogP contribution < -0.4 is 0 Å². The van der Waals surface area contributed by atoms with E-state index in [0.29, 0.717) is 5.41 Å². The number of piperidine rings is 1. The quantitative estimate of drug-likeness (QED) is 0.773. The van der Waals surface area contributed by atoms with E-state index >= 15 is 0 Å². The van der Waals surface area contributed by atoms with Crippen LogP contribution in [0.15, 0.2) is 22.7 Å². The summed E-state index contributed by atoms with van der Waals surface area (Å²) >= 11 is 3.50. The number of rotatable bonds is 1. The zero-order chi connectivity index (χ0) is 12.8. The van der Waals surface area contributed by atoms with E-state index in [2.05, 4.69) is 15.9 Å². The van der Waals surface area contributed by atoms with Crippen molar-refractivity contribution in [1.29, 1.82) is 0 Å². The molecule has 0 N–H and O–H groups in total. The predicted octanol–water partition coefficient (Wildman–Crippen LogP) is 3.77. The Morgan fingerprint density at radius 2 is 1.89 bits per heavy atom. The molecule has 1 aliphatic heterocycles.